The highest BCUT2D eigenvalue weighted by Crippen LogP contribution is 2.32. The van der Waals surface area contributed by atoms with Gasteiger partial charge in [0, 0.05) is 37.0 Å². The zero-order valence-corrected chi connectivity index (χ0v) is 30.0. The van der Waals surface area contributed by atoms with Crippen LogP contribution in [0.4, 0.5) is 0 Å². The summed E-state index contributed by atoms with van der Waals surface area (Å²) in [5.41, 5.74) is 0. The Morgan fingerprint density at radius 3 is 2.23 bits per heavy atom. The van der Waals surface area contributed by atoms with E-state index in [0.717, 1.165) is 0 Å². The summed E-state index contributed by atoms with van der Waals surface area (Å²) < 4.78 is 35.7. The molecule has 0 saturated carbocycles. The van der Waals surface area contributed by atoms with E-state index in [2.05, 4.69) is 0 Å². The zero-order valence-electron chi connectivity index (χ0n) is 30.0. The number of aliphatic hydroxyl groups is 3. The standard InChI is InChI=1S/C36H59NO11/c1-10-28-25(19-44-36-34(43-9)32(42)30(40)24(6)46-36)13-11-12-14-27(38)21(3)17-22(4)33(20(2)15-16-29(39)47-28)48-35-31(41)26(37(7)8)18-23(5)45-35/h11-16,20-26,28,30-36,40-42H,10,17-19H2,1-9H3/b13-11-,14-12-,16-15-/t20-,21+,22-,23?,24+,25+,26-,28?,30+,31+,32+,33+,34+,35-,36+/m0/s1. The summed E-state index contributed by atoms with van der Waals surface area (Å²) in [6.45, 7) is 11.4. The highest BCUT2D eigenvalue weighted by molar-refractivity contribution is 5.91. The molecule has 3 aliphatic rings. The number of carbonyl (C=O) groups is 2. The van der Waals surface area contributed by atoms with Gasteiger partial charge in [-0.15, -0.1) is 0 Å². The zero-order chi connectivity index (χ0) is 35.7. The molecule has 0 aliphatic carbocycles. The van der Waals surface area contributed by atoms with E-state index in [1.165, 1.54) is 19.3 Å². The fraction of sp³-hybridized carbons (Fsp3) is 0.778. The van der Waals surface area contributed by atoms with Crippen molar-refractivity contribution in [3.8, 4) is 0 Å². The molecule has 15 atom stereocenters. The minimum Gasteiger partial charge on any atom is -0.459 e. The first-order valence-corrected chi connectivity index (χ1v) is 17.3. The third-order valence-corrected chi connectivity index (χ3v) is 9.78. The molecule has 2 unspecified atom stereocenters. The van der Waals surface area contributed by atoms with Gasteiger partial charge in [-0.05, 0) is 59.2 Å². The number of rotatable bonds is 8. The Balaban J connectivity index is 1.85. The molecule has 48 heavy (non-hydrogen) atoms. The average molecular weight is 682 g/mol. The SMILES string of the molecule is CCC1OC(=O)/C=C\[C@H](C)[C@@H](O[C@@H]2OC(C)C[C@H](N(C)C)[C@H]2O)[C@@H](C)C[C@@H](C)C(=O)/C=C\C=C/[C@@H]1CO[C@@H]1O[C@H](C)[C@@H](O)[C@@H](O)[C@H]1OC. The third kappa shape index (κ3) is 10.7. The molecule has 0 bridgehead atoms. The lowest BCUT2D eigenvalue weighted by molar-refractivity contribution is -0.300. The quantitative estimate of drug-likeness (QED) is 0.323. The number of ether oxygens (including phenoxy) is 6. The van der Waals surface area contributed by atoms with Crippen molar-refractivity contribution in [2.45, 2.75) is 128 Å². The molecule has 3 heterocycles. The number of cyclic esters (lactones) is 1. The summed E-state index contributed by atoms with van der Waals surface area (Å²) in [6.07, 6.45) is 3.67. The number of hydrogen-bond acceptors (Lipinski definition) is 12. The molecule has 12 nitrogen and oxygen atoms in total. The number of methoxy groups -OCH3 is 1. The normalized spacial score (nSPS) is 44.2. The molecular weight excluding hydrogens is 622 g/mol. The van der Waals surface area contributed by atoms with Crippen molar-refractivity contribution in [1.82, 2.24) is 4.90 Å². The molecule has 0 aromatic heterocycles. The predicted octanol–water partition coefficient (Wildman–Crippen LogP) is 2.78. The van der Waals surface area contributed by atoms with Crippen LogP contribution in [0.1, 0.15) is 60.8 Å². The van der Waals surface area contributed by atoms with E-state index in [9.17, 15) is 24.9 Å². The minimum absolute atomic E-state index is 0.0397. The van der Waals surface area contributed by atoms with E-state index in [4.69, 9.17) is 28.4 Å². The van der Waals surface area contributed by atoms with Gasteiger partial charge >= 0.3 is 5.97 Å². The van der Waals surface area contributed by atoms with E-state index in [-0.39, 0.29) is 42.3 Å². The second-order valence-electron chi connectivity index (χ2n) is 13.9. The minimum atomic E-state index is -1.21. The Bertz CT molecular complexity index is 1110. The van der Waals surface area contributed by atoms with Gasteiger partial charge < -0.3 is 48.6 Å². The number of allylic oxidation sites excluding steroid dienone is 3. The summed E-state index contributed by atoms with van der Waals surface area (Å²) in [6, 6.07) is -0.146. The van der Waals surface area contributed by atoms with Gasteiger partial charge in [-0.3, -0.25) is 4.79 Å². The topological polar surface area (TPSA) is 153 Å². The van der Waals surface area contributed by atoms with Gasteiger partial charge in [0.2, 0.25) is 0 Å². The number of hydrogen-bond donors (Lipinski definition) is 3. The second-order valence-corrected chi connectivity index (χ2v) is 13.9. The Labute approximate surface area is 286 Å². The van der Waals surface area contributed by atoms with Crippen LogP contribution in [0.3, 0.4) is 0 Å². The highest BCUT2D eigenvalue weighted by atomic mass is 16.7. The molecular formula is C36H59NO11. The highest BCUT2D eigenvalue weighted by Gasteiger charge is 2.44. The van der Waals surface area contributed by atoms with Crippen LogP contribution in [0.15, 0.2) is 36.5 Å². The molecule has 0 radical (unpaired) electrons. The number of likely N-dealkylation sites (N-methyl/N-ethyl adjacent to an activating group) is 1. The van der Waals surface area contributed by atoms with Crippen LogP contribution in [0.25, 0.3) is 0 Å². The van der Waals surface area contributed by atoms with Gasteiger partial charge in [-0.1, -0.05) is 52.0 Å². The maximum atomic E-state index is 13.2. The van der Waals surface area contributed by atoms with E-state index >= 15 is 0 Å². The van der Waals surface area contributed by atoms with Crippen LogP contribution >= 0.6 is 0 Å². The van der Waals surface area contributed by atoms with Crippen molar-refractivity contribution >= 4 is 11.8 Å². The molecule has 274 valence electrons. The number of carbonyl (C=O) groups excluding carboxylic acids is 2. The van der Waals surface area contributed by atoms with Crippen molar-refractivity contribution in [1.29, 1.82) is 0 Å². The summed E-state index contributed by atoms with van der Waals surface area (Å²) >= 11 is 0. The summed E-state index contributed by atoms with van der Waals surface area (Å²) in [7, 11) is 5.24. The molecule has 0 aromatic rings. The molecule has 0 amide bonds. The van der Waals surface area contributed by atoms with E-state index in [1.807, 2.05) is 59.7 Å². The van der Waals surface area contributed by atoms with Gasteiger partial charge in [0.05, 0.1) is 24.9 Å². The molecule has 3 aliphatic heterocycles. The second kappa shape index (κ2) is 18.8. The summed E-state index contributed by atoms with van der Waals surface area (Å²) in [5, 5.41) is 31.9. The lowest BCUT2D eigenvalue weighted by Gasteiger charge is -2.43. The van der Waals surface area contributed by atoms with Crippen LogP contribution in [0, 0.1) is 23.7 Å². The van der Waals surface area contributed by atoms with Crippen LogP contribution in [0.2, 0.25) is 0 Å². The van der Waals surface area contributed by atoms with Gasteiger partial charge in [-0.2, -0.15) is 0 Å². The van der Waals surface area contributed by atoms with Crippen molar-refractivity contribution in [2.24, 2.45) is 23.7 Å². The van der Waals surface area contributed by atoms with Gasteiger partial charge in [-0.25, -0.2) is 4.79 Å². The Hall–Kier alpha value is -2.00. The molecule has 2 saturated heterocycles. The fourth-order valence-electron chi connectivity index (χ4n) is 6.80. The van der Waals surface area contributed by atoms with Crippen molar-refractivity contribution in [2.75, 3.05) is 27.8 Å². The number of nitrogens with zero attached hydrogens (tertiary/aromatic N) is 1. The van der Waals surface area contributed by atoms with Crippen molar-refractivity contribution in [3.05, 3.63) is 36.5 Å². The van der Waals surface area contributed by atoms with Gasteiger partial charge in [0.15, 0.2) is 18.4 Å². The monoisotopic (exact) mass is 681 g/mol. The van der Waals surface area contributed by atoms with E-state index < -0.39 is 67.2 Å². The van der Waals surface area contributed by atoms with Crippen molar-refractivity contribution < 1.29 is 53.3 Å². The van der Waals surface area contributed by atoms with Crippen LogP contribution in [0.5, 0.6) is 0 Å². The van der Waals surface area contributed by atoms with Crippen LogP contribution in [-0.2, 0) is 38.0 Å². The molecule has 3 N–H and O–H groups in total. The summed E-state index contributed by atoms with van der Waals surface area (Å²) in [5.74, 6) is -1.73. The predicted molar refractivity (Wildman–Crippen MR) is 179 cm³/mol. The first kappa shape index (κ1) is 40.4. The average Bonchev–Trinajstić information content (AvgIpc) is 3.04. The smallest absolute Gasteiger partial charge is 0.330 e. The first-order valence-electron chi connectivity index (χ1n) is 17.3. The maximum Gasteiger partial charge on any atom is 0.330 e. The van der Waals surface area contributed by atoms with Gasteiger partial charge in [0.1, 0.15) is 30.5 Å². The Morgan fingerprint density at radius 1 is 0.875 bits per heavy atom. The Kier molecular flexibility index (Phi) is 15.9. The first-order chi connectivity index (χ1) is 22.7. The molecule has 0 spiro atoms. The Morgan fingerprint density at radius 2 is 1.58 bits per heavy atom. The van der Waals surface area contributed by atoms with E-state index in [1.54, 1.807) is 25.2 Å². The van der Waals surface area contributed by atoms with Crippen LogP contribution in [-0.4, -0.2) is 127 Å². The van der Waals surface area contributed by atoms with Crippen molar-refractivity contribution in [3.63, 3.8) is 0 Å². The molecule has 3 rings (SSSR count). The lowest BCUT2D eigenvalue weighted by atomic mass is 9.84. The number of esters is 1. The maximum absolute atomic E-state index is 13.2. The number of ketones is 1. The van der Waals surface area contributed by atoms with E-state index in [0.29, 0.717) is 19.3 Å². The molecule has 0 aromatic carbocycles. The number of aliphatic hydroxyl groups excluding tert-OH is 3. The molecule has 12 heteroatoms. The lowest BCUT2D eigenvalue weighted by Crippen LogP contribution is -2.58. The fourth-order valence-corrected chi connectivity index (χ4v) is 6.80. The third-order valence-electron chi connectivity index (χ3n) is 9.78. The summed E-state index contributed by atoms with van der Waals surface area (Å²) in [4.78, 5) is 28.3. The van der Waals surface area contributed by atoms with Gasteiger partial charge in [0.25, 0.3) is 0 Å². The molecule has 2 fully saturated rings. The largest absolute Gasteiger partial charge is 0.459 e. The van der Waals surface area contributed by atoms with Crippen LogP contribution < -0.4 is 0 Å².